The maximum Gasteiger partial charge on any atom is 0.140 e. The molecule has 1 N–H and O–H groups in total. The summed E-state index contributed by atoms with van der Waals surface area (Å²) in [6.45, 7) is 6.56. The predicted octanol–water partition coefficient (Wildman–Crippen LogP) is 2.80. The van der Waals surface area contributed by atoms with Gasteiger partial charge in [-0.15, -0.1) is 0 Å². The van der Waals surface area contributed by atoms with Crippen LogP contribution in [0.2, 0.25) is 0 Å². The van der Waals surface area contributed by atoms with E-state index in [1.165, 1.54) is 0 Å². The van der Waals surface area contributed by atoms with Crippen LogP contribution in [0.15, 0.2) is 18.3 Å². The summed E-state index contributed by atoms with van der Waals surface area (Å²) >= 11 is 0. The summed E-state index contributed by atoms with van der Waals surface area (Å²) in [6.07, 6.45) is 2.83. The first kappa shape index (κ1) is 11.5. The van der Waals surface area contributed by atoms with Crippen LogP contribution in [0.5, 0.6) is 0 Å². The average Bonchev–Trinajstić information content (AvgIpc) is 2.17. The fourth-order valence-electron chi connectivity index (χ4n) is 1.60. The SMILES string of the molecule is CC(C)CC(C)Nc1ccc(C#N)nc1. The molecule has 0 aliphatic heterocycles. The molecule has 0 saturated carbocycles. The molecule has 0 saturated heterocycles. The third-order valence-electron chi connectivity index (χ3n) is 2.12. The van der Waals surface area contributed by atoms with Crippen molar-refractivity contribution in [3.63, 3.8) is 0 Å². The van der Waals surface area contributed by atoms with Gasteiger partial charge in [-0.05, 0) is 31.4 Å². The highest BCUT2D eigenvalue weighted by atomic mass is 14.9. The molecule has 1 rings (SSSR count). The maximum absolute atomic E-state index is 8.60. The van der Waals surface area contributed by atoms with Gasteiger partial charge in [-0.25, -0.2) is 4.98 Å². The topological polar surface area (TPSA) is 48.7 Å². The first-order valence-electron chi connectivity index (χ1n) is 5.24. The van der Waals surface area contributed by atoms with Crippen molar-refractivity contribution in [3.8, 4) is 6.07 Å². The number of pyridine rings is 1. The molecule has 80 valence electrons. The standard InChI is InChI=1S/C12H17N3/c1-9(2)6-10(3)15-12-5-4-11(7-13)14-8-12/h4-5,8-10,15H,6H2,1-3H3. The van der Waals surface area contributed by atoms with Crippen molar-refractivity contribution in [3.05, 3.63) is 24.0 Å². The second kappa shape index (κ2) is 5.35. The molecule has 0 radical (unpaired) electrons. The number of aromatic nitrogens is 1. The maximum atomic E-state index is 8.60. The highest BCUT2D eigenvalue weighted by molar-refractivity contribution is 5.43. The van der Waals surface area contributed by atoms with E-state index in [2.05, 4.69) is 31.1 Å². The molecule has 1 aromatic rings. The second-order valence-electron chi connectivity index (χ2n) is 4.22. The molecule has 3 nitrogen and oxygen atoms in total. The van der Waals surface area contributed by atoms with Crippen LogP contribution < -0.4 is 5.32 Å². The van der Waals surface area contributed by atoms with Gasteiger partial charge in [0.05, 0.1) is 11.9 Å². The summed E-state index contributed by atoms with van der Waals surface area (Å²) in [6, 6.07) is 6.05. The van der Waals surface area contributed by atoms with E-state index in [-0.39, 0.29) is 0 Å². The monoisotopic (exact) mass is 203 g/mol. The Hall–Kier alpha value is -1.56. The van der Waals surface area contributed by atoms with Crippen LogP contribution in [0, 0.1) is 17.2 Å². The molecule has 1 heterocycles. The molecule has 15 heavy (non-hydrogen) atoms. The van der Waals surface area contributed by atoms with Gasteiger partial charge in [-0.2, -0.15) is 5.26 Å². The molecule has 0 aromatic carbocycles. The normalized spacial score (nSPS) is 12.2. The number of rotatable bonds is 4. The quantitative estimate of drug-likeness (QED) is 0.818. The summed E-state index contributed by atoms with van der Waals surface area (Å²) in [5, 5.41) is 11.9. The average molecular weight is 203 g/mol. The number of hydrogen-bond acceptors (Lipinski definition) is 3. The first-order valence-corrected chi connectivity index (χ1v) is 5.24. The molecule has 0 amide bonds. The number of hydrogen-bond donors (Lipinski definition) is 1. The van der Waals surface area contributed by atoms with Crippen molar-refractivity contribution < 1.29 is 0 Å². The predicted molar refractivity (Wildman–Crippen MR) is 61.5 cm³/mol. The number of nitriles is 1. The van der Waals surface area contributed by atoms with Gasteiger partial charge in [0.15, 0.2) is 0 Å². The Balaban J connectivity index is 2.54. The molecule has 0 bridgehead atoms. The van der Waals surface area contributed by atoms with E-state index in [1.54, 1.807) is 12.3 Å². The summed E-state index contributed by atoms with van der Waals surface area (Å²) in [5.41, 5.74) is 1.43. The van der Waals surface area contributed by atoms with E-state index in [0.29, 0.717) is 17.7 Å². The van der Waals surface area contributed by atoms with Crippen molar-refractivity contribution in [1.29, 1.82) is 5.26 Å². The Morgan fingerprint density at radius 2 is 2.13 bits per heavy atom. The Kier molecular flexibility index (Phi) is 4.11. The molecule has 0 aliphatic rings. The van der Waals surface area contributed by atoms with E-state index < -0.39 is 0 Å². The fourth-order valence-corrected chi connectivity index (χ4v) is 1.60. The molecule has 1 unspecified atom stereocenters. The van der Waals surface area contributed by atoms with Crippen LogP contribution >= 0.6 is 0 Å². The van der Waals surface area contributed by atoms with Gasteiger partial charge < -0.3 is 5.32 Å². The van der Waals surface area contributed by atoms with Gasteiger partial charge in [0.25, 0.3) is 0 Å². The Morgan fingerprint density at radius 1 is 1.40 bits per heavy atom. The van der Waals surface area contributed by atoms with Gasteiger partial charge in [0.1, 0.15) is 11.8 Å². The van der Waals surface area contributed by atoms with Gasteiger partial charge in [-0.1, -0.05) is 13.8 Å². The molecular weight excluding hydrogens is 186 g/mol. The van der Waals surface area contributed by atoms with Crippen molar-refractivity contribution in [1.82, 2.24) is 4.98 Å². The lowest BCUT2D eigenvalue weighted by molar-refractivity contribution is 0.539. The van der Waals surface area contributed by atoms with Gasteiger partial charge >= 0.3 is 0 Å². The summed E-state index contributed by atoms with van der Waals surface area (Å²) in [4.78, 5) is 4.01. The van der Waals surface area contributed by atoms with E-state index >= 15 is 0 Å². The summed E-state index contributed by atoms with van der Waals surface area (Å²) < 4.78 is 0. The zero-order valence-electron chi connectivity index (χ0n) is 9.49. The van der Waals surface area contributed by atoms with Crippen LogP contribution in [0.3, 0.4) is 0 Å². The Morgan fingerprint density at radius 3 is 2.60 bits per heavy atom. The summed E-state index contributed by atoms with van der Waals surface area (Å²) in [5.74, 6) is 0.679. The minimum atomic E-state index is 0.430. The second-order valence-corrected chi connectivity index (χ2v) is 4.22. The van der Waals surface area contributed by atoms with Crippen molar-refractivity contribution >= 4 is 5.69 Å². The Bertz CT molecular complexity index is 335. The largest absolute Gasteiger partial charge is 0.381 e. The third-order valence-corrected chi connectivity index (χ3v) is 2.12. The lowest BCUT2D eigenvalue weighted by Gasteiger charge is -2.16. The smallest absolute Gasteiger partial charge is 0.140 e. The van der Waals surface area contributed by atoms with E-state index in [9.17, 15) is 0 Å². The van der Waals surface area contributed by atoms with Crippen molar-refractivity contribution in [2.75, 3.05) is 5.32 Å². The van der Waals surface area contributed by atoms with Gasteiger partial charge in [-0.3, -0.25) is 0 Å². The summed E-state index contributed by atoms with van der Waals surface area (Å²) in [7, 11) is 0. The molecule has 0 aliphatic carbocycles. The molecule has 1 aromatic heterocycles. The highest BCUT2D eigenvalue weighted by Crippen LogP contribution is 2.11. The fraction of sp³-hybridized carbons (Fsp3) is 0.500. The van der Waals surface area contributed by atoms with Crippen molar-refractivity contribution in [2.24, 2.45) is 5.92 Å². The number of nitrogens with one attached hydrogen (secondary N) is 1. The minimum absolute atomic E-state index is 0.430. The molecule has 1 atom stereocenters. The lowest BCUT2D eigenvalue weighted by Crippen LogP contribution is -2.17. The van der Waals surface area contributed by atoms with Gasteiger partial charge in [0.2, 0.25) is 0 Å². The number of anilines is 1. The van der Waals surface area contributed by atoms with Crippen LogP contribution in [0.1, 0.15) is 32.9 Å². The van der Waals surface area contributed by atoms with E-state index in [1.807, 2.05) is 12.1 Å². The highest BCUT2D eigenvalue weighted by Gasteiger charge is 2.04. The minimum Gasteiger partial charge on any atom is -0.381 e. The van der Waals surface area contributed by atoms with Gasteiger partial charge in [0, 0.05) is 6.04 Å². The van der Waals surface area contributed by atoms with Crippen LogP contribution in [0.25, 0.3) is 0 Å². The molecule has 3 heteroatoms. The zero-order chi connectivity index (χ0) is 11.3. The van der Waals surface area contributed by atoms with Crippen LogP contribution in [-0.4, -0.2) is 11.0 Å². The number of nitrogens with zero attached hydrogens (tertiary/aromatic N) is 2. The van der Waals surface area contributed by atoms with Crippen molar-refractivity contribution in [2.45, 2.75) is 33.2 Å². The lowest BCUT2D eigenvalue weighted by atomic mass is 10.1. The van der Waals surface area contributed by atoms with E-state index in [4.69, 9.17) is 5.26 Å². The third kappa shape index (κ3) is 3.99. The van der Waals surface area contributed by atoms with Crippen LogP contribution in [0.4, 0.5) is 5.69 Å². The molecule has 0 fully saturated rings. The van der Waals surface area contributed by atoms with E-state index in [0.717, 1.165) is 12.1 Å². The first-order chi connectivity index (χ1) is 7.11. The molecule has 0 spiro atoms. The van der Waals surface area contributed by atoms with Crippen LogP contribution in [-0.2, 0) is 0 Å². The molecular formula is C12H17N3. The Labute approximate surface area is 91.1 Å². The zero-order valence-corrected chi connectivity index (χ0v) is 9.49.